The van der Waals surface area contributed by atoms with Crippen LogP contribution >= 0.6 is 11.3 Å². The van der Waals surface area contributed by atoms with E-state index in [9.17, 15) is 4.79 Å². The van der Waals surface area contributed by atoms with Crippen LogP contribution < -0.4 is 10.6 Å². The summed E-state index contributed by atoms with van der Waals surface area (Å²) in [7, 11) is 0. The van der Waals surface area contributed by atoms with Crippen LogP contribution in [0.2, 0.25) is 0 Å². The second-order valence-corrected chi connectivity index (χ2v) is 6.41. The molecule has 2 N–H and O–H groups in total. The predicted molar refractivity (Wildman–Crippen MR) is 73.5 cm³/mol. The maximum absolute atomic E-state index is 12.2. The van der Waals surface area contributed by atoms with E-state index in [4.69, 9.17) is 0 Å². The zero-order valence-corrected chi connectivity index (χ0v) is 11.6. The van der Waals surface area contributed by atoms with Crippen molar-refractivity contribution >= 4 is 17.2 Å². The molecule has 2 aliphatic rings. The quantitative estimate of drug-likeness (QED) is 0.877. The third-order valence-corrected chi connectivity index (χ3v) is 5.43. The van der Waals surface area contributed by atoms with Gasteiger partial charge in [0, 0.05) is 12.5 Å². The van der Waals surface area contributed by atoms with Gasteiger partial charge in [-0.3, -0.25) is 4.79 Å². The van der Waals surface area contributed by atoms with Crippen molar-refractivity contribution in [2.45, 2.75) is 32.7 Å². The Balaban J connectivity index is 1.53. The van der Waals surface area contributed by atoms with E-state index in [1.165, 1.54) is 24.0 Å². The number of amides is 1. The Kier molecular flexibility index (Phi) is 3.16. The molecule has 1 aromatic rings. The molecule has 1 amide bonds. The average Bonchev–Trinajstić information content (AvgIpc) is 2.90. The van der Waals surface area contributed by atoms with Crippen LogP contribution in [0.1, 0.15) is 30.4 Å². The number of hydrogen-bond donors (Lipinski definition) is 2. The van der Waals surface area contributed by atoms with E-state index in [0.717, 1.165) is 19.5 Å². The molecular formula is C14H20N2OS. The minimum atomic E-state index is 0.266. The SMILES string of the molecule is Cc1cscc1CNC(=O)C1CC12CCNCC2. The highest BCUT2D eigenvalue weighted by Gasteiger charge is 2.57. The van der Waals surface area contributed by atoms with Crippen molar-refractivity contribution in [3.63, 3.8) is 0 Å². The van der Waals surface area contributed by atoms with Gasteiger partial charge in [-0.15, -0.1) is 0 Å². The standard InChI is InChI=1S/C14H20N2OS/c1-10-8-18-9-11(10)7-16-13(17)12-6-14(12)2-4-15-5-3-14/h8-9,12,15H,2-7H2,1H3,(H,16,17). The highest BCUT2D eigenvalue weighted by molar-refractivity contribution is 7.08. The largest absolute Gasteiger partial charge is 0.352 e. The van der Waals surface area contributed by atoms with Gasteiger partial charge in [0.15, 0.2) is 0 Å². The maximum Gasteiger partial charge on any atom is 0.223 e. The van der Waals surface area contributed by atoms with Crippen molar-refractivity contribution in [2.75, 3.05) is 13.1 Å². The van der Waals surface area contributed by atoms with Gasteiger partial charge in [-0.2, -0.15) is 11.3 Å². The molecule has 1 aliphatic carbocycles. The highest BCUT2D eigenvalue weighted by atomic mass is 32.1. The topological polar surface area (TPSA) is 41.1 Å². The van der Waals surface area contributed by atoms with Crippen molar-refractivity contribution in [2.24, 2.45) is 11.3 Å². The Morgan fingerprint density at radius 2 is 2.28 bits per heavy atom. The third-order valence-electron chi connectivity index (χ3n) is 4.52. The van der Waals surface area contributed by atoms with Crippen LogP contribution in [0.15, 0.2) is 10.8 Å². The van der Waals surface area contributed by atoms with E-state index < -0.39 is 0 Å². The first-order valence-corrected chi connectivity index (χ1v) is 7.66. The van der Waals surface area contributed by atoms with Crippen LogP contribution in [0.5, 0.6) is 0 Å². The molecule has 1 unspecified atom stereocenters. The summed E-state index contributed by atoms with van der Waals surface area (Å²) in [5.74, 6) is 0.543. The van der Waals surface area contributed by atoms with Gasteiger partial charge in [0.2, 0.25) is 5.91 Å². The summed E-state index contributed by atoms with van der Waals surface area (Å²) in [5, 5.41) is 10.7. The molecule has 1 aliphatic heterocycles. The molecule has 3 rings (SSSR count). The van der Waals surface area contributed by atoms with Crippen molar-refractivity contribution < 1.29 is 4.79 Å². The van der Waals surface area contributed by atoms with E-state index in [2.05, 4.69) is 28.3 Å². The minimum absolute atomic E-state index is 0.266. The van der Waals surface area contributed by atoms with Crippen molar-refractivity contribution in [3.8, 4) is 0 Å². The Hall–Kier alpha value is -0.870. The molecule has 2 heterocycles. The lowest BCUT2D eigenvalue weighted by atomic mass is 9.92. The molecule has 1 aromatic heterocycles. The Morgan fingerprint density at radius 3 is 2.94 bits per heavy atom. The minimum Gasteiger partial charge on any atom is -0.352 e. The lowest BCUT2D eigenvalue weighted by Gasteiger charge is -2.23. The first kappa shape index (κ1) is 12.2. The highest BCUT2D eigenvalue weighted by Crippen LogP contribution is 2.58. The molecule has 0 aromatic carbocycles. The van der Waals surface area contributed by atoms with Gasteiger partial charge in [-0.25, -0.2) is 0 Å². The molecule has 0 bridgehead atoms. The summed E-state index contributed by atoms with van der Waals surface area (Å²) in [4.78, 5) is 12.2. The maximum atomic E-state index is 12.2. The number of piperidine rings is 1. The second-order valence-electron chi connectivity index (χ2n) is 5.67. The lowest BCUT2D eigenvalue weighted by Crippen LogP contribution is -2.33. The molecule has 1 saturated heterocycles. The molecule has 3 nitrogen and oxygen atoms in total. The zero-order valence-electron chi connectivity index (χ0n) is 10.8. The van der Waals surface area contributed by atoms with Gasteiger partial charge in [0.25, 0.3) is 0 Å². The van der Waals surface area contributed by atoms with E-state index in [-0.39, 0.29) is 11.8 Å². The zero-order chi connectivity index (χ0) is 12.6. The first-order chi connectivity index (χ1) is 8.71. The molecule has 4 heteroatoms. The fourth-order valence-corrected chi connectivity index (χ4v) is 3.93. The molecular weight excluding hydrogens is 244 g/mol. The molecule has 18 heavy (non-hydrogen) atoms. The lowest BCUT2D eigenvalue weighted by molar-refractivity contribution is -0.123. The molecule has 0 radical (unpaired) electrons. The molecule has 98 valence electrons. The van der Waals surface area contributed by atoms with E-state index in [1.54, 1.807) is 11.3 Å². The second kappa shape index (κ2) is 4.67. The van der Waals surface area contributed by atoms with Crippen LogP contribution in [0.4, 0.5) is 0 Å². The van der Waals surface area contributed by atoms with Crippen molar-refractivity contribution in [3.05, 3.63) is 21.9 Å². The Bertz CT molecular complexity index is 448. The third kappa shape index (κ3) is 2.19. The van der Waals surface area contributed by atoms with Gasteiger partial charge in [0.1, 0.15) is 0 Å². The summed E-state index contributed by atoms with van der Waals surface area (Å²) in [6, 6.07) is 0. The van der Waals surface area contributed by atoms with Gasteiger partial charge < -0.3 is 10.6 Å². The van der Waals surface area contributed by atoms with Gasteiger partial charge >= 0.3 is 0 Å². The molecule has 1 atom stereocenters. The molecule has 1 saturated carbocycles. The fourth-order valence-electron chi connectivity index (χ4n) is 3.07. The summed E-state index contributed by atoms with van der Waals surface area (Å²) in [6.07, 6.45) is 3.44. The van der Waals surface area contributed by atoms with Gasteiger partial charge in [-0.05, 0) is 66.6 Å². The fraction of sp³-hybridized carbons (Fsp3) is 0.643. The van der Waals surface area contributed by atoms with Crippen molar-refractivity contribution in [1.82, 2.24) is 10.6 Å². The van der Waals surface area contributed by atoms with Crippen LogP contribution in [0, 0.1) is 18.3 Å². The summed E-state index contributed by atoms with van der Waals surface area (Å²) < 4.78 is 0. The monoisotopic (exact) mass is 264 g/mol. The summed E-state index contributed by atoms with van der Waals surface area (Å²) >= 11 is 1.70. The Labute approximate surface area is 112 Å². The average molecular weight is 264 g/mol. The number of rotatable bonds is 3. The predicted octanol–water partition coefficient (Wildman–Crippen LogP) is 2.06. The van der Waals surface area contributed by atoms with Gasteiger partial charge in [-0.1, -0.05) is 0 Å². The number of carbonyl (C=O) groups is 1. The smallest absolute Gasteiger partial charge is 0.223 e. The number of aryl methyl sites for hydroxylation is 1. The van der Waals surface area contributed by atoms with E-state index >= 15 is 0 Å². The molecule has 1 spiro atoms. The van der Waals surface area contributed by atoms with E-state index in [1.807, 2.05) is 0 Å². The van der Waals surface area contributed by atoms with Crippen LogP contribution in [0.25, 0.3) is 0 Å². The first-order valence-electron chi connectivity index (χ1n) is 6.71. The van der Waals surface area contributed by atoms with Crippen LogP contribution in [-0.4, -0.2) is 19.0 Å². The number of nitrogens with one attached hydrogen (secondary N) is 2. The number of hydrogen-bond acceptors (Lipinski definition) is 3. The summed E-state index contributed by atoms with van der Waals surface area (Å²) in [6.45, 7) is 4.95. The van der Waals surface area contributed by atoms with Crippen LogP contribution in [0.3, 0.4) is 0 Å². The van der Waals surface area contributed by atoms with Crippen LogP contribution in [-0.2, 0) is 11.3 Å². The Morgan fingerprint density at radius 1 is 1.50 bits per heavy atom. The van der Waals surface area contributed by atoms with Crippen molar-refractivity contribution in [1.29, 1.82) is 0 Å². The summed E-state index contributed by atoms with van der Waals surface area (Å²) in [5.41, 5.74) is 2.89. The molecule has 2 fully saturated rings. The number of carbonyl (C=O) groups excluding carboxylic acids is 1. The van der Waals surface area contributed by atoms with E-state index in [0.29, 0.717) is 12.0 Å². The normalized spacial score (nSPS) is 25.1. The number of thiophene rings is 1. The van der Waals surface area contributed by atoms with Gasteiger partial charge in [0.05, 0.1) is 0 Å².